The monoisotopic (exact) mass is 348 g/mol. The van der Waals surface area contributed by atoms with Crippen molar-refractivity contribution in [2.24, 2.45) is 0 Å². The molecule has 3 nitrogen and oxygen atoms in total. The minimum absolute atomic E-state index is 0.299. The summed E-state index contributed by atoms with van der Waals surface area (Å²) in [6.45, 7) is 12.0. The second-order valence-corrected chi connectivity index (χ2v) is 12.4. The molecule has 1 aromatic heterocycles. The molecule has 0 N–H and O–H groups in total. The van der Waals surface area contributed by atoms with E-state index in [4.69, 9.17) is 9.47 Å². The number of aryl methyl sites for hydroxylation is 1. The van der Waals surface area contributed by atoms with E-state index in [9.17, 15) is 4.79 Å². The third-order valence-electron chi connectivity index (χ3n) is 4.00. The highest BCUT2D eigenvalue weighted by Gasteiger charge is 2.27. The zero-order valence-corrected chi connectivity index (χ0v) is 16.5. The Morgan fingerprint density at radius 1 is 1.22 bits per heavy atom. The fourth-order valence-electron chi connectivity index (χ4n) is 2.49. The molecule has 0 saturated heterocycles. The highest BCUT2D eigenvalue weighted by Crippen LogP contribution is 2.33. The van der Waals surface area contributed by atoms with Crippen LogP contribution in [0.3, 0.4) is 0 Å². The van der Waals surface area contributed by atoms with E-state index in [-0.39, 0.29) is 5.97 Å². The van der Waals surface area contributed by atoms with Crippen molar-refractivity contribution in [2.45, 2.75) is 40.8 Å². The Bertz CT molecular complexity index is 706. The van der Waals surface area contributed by atoms with Gasteiger partial charge in [-0.05, 0) is 53.4 Å². The van der Waals surface area contributed by atoms with E-state index in [1.54, 1.807) is 0 Å². The first-order valence-electron chi connectivity index (χ1n) is 7.68. The lowest BCUT2D eigenvalue weighted by atomic mass is 10.0. The van der Waals surface area contributed by atoms with E-state index in [2.05, 4.69) is 30.6 Å². The predicted molar refractivity (Wildman–Crippen MR) is 98.9 cm³/mol. The summed E-state index contributed by atoms with van der Waals surface area (Å²) < 4.78 is 13.0. The van der Waals surface area contributed by atoms with Crippen LogP contribution in [-0.4, -0.2) is 20.3 Å². The van der Waals surface area contributed by atoms with E-state index in [1.807, 2.05) is 38.2 Å². The molecular formula is C18H24O3SSi. The SMILES string of the molecule is CC(=O)Oc1cc(C)c(OC[Si](C)(C)c2cccs2)c(C)c1C. The molecule has 0 aliphatic carbocycles. The maximum Gasteiger partial charge on any atom is 0.308 e. The van der Waals surface area contributed by atoms with Gasteiger partial charge in [-0.2, -0.15) is 11.3 Å². The van der Waals surface area contributed by atoms with Crippen molar-refractivity contribution in [1.29, 1.82) is 0 Å². The number of hydrogen-bond donors (Lipinski definition) is 0. The number of benzene rings is 1. The molecule has 1 heterocycles. The number of carbonyl (C=O) groups excluding carboxylic acids is 1. The van der Waals surface area contributed by atoms with Crippen molar-refractivity contribution < 1.29 is 14.3 Å². The molecule has 2 rings (SSSR count). The summed E-state index contributed by atoms with van der Waals surface area (Å²) in [6, 6.07) is 6.19. The van der Waals surface area contributed by atoms with Crippen LogP contribution in [0.1, 0.15) is 23.6 Å². The van der Waals surface area contributed by atoms with Crippen molar-refractivity contribution in [3.63, 3.8) is 0 Å². The Hall–Kier alpha value is -1.59. The van der Waals surface area contributed by atoms with Crippen LogP contribution in [0.2, 0.25) is 13.1 Å². The molecule has 0 amide bonds. The van der Waals surface area contributed by atoms with E-state index in [0.717, 1.165) is 28.7 Å². The molecular weight excluding hydrogens is 324 g/mol. The summed E-state index contributed by atoms with van der Waals surface area (Å²) >= 11 is 1.81. The predicted octanol–water partition coefficient (Wildman–Crippen LogP) is 4.13. The molecule has 0 unspecified atom stereocenters. The molecule has 2 aromatic rings. The molecule has 1 aromatic carbocycles. The van der Waals surface area contributed by atoms with Crippen LogP contribution in [-0.2, 0) is 4.79 Å². The highest BCUT2D eigenvalue weighted by molar-refractivity contribution is 7.25. The summed E-state index contributed by atoms with van der Waals surface area (Å²) in [5.74, 6) is 1.23. The van der Waals surface area contributed by atoms with E-state index in [0.29, 0.717) is 5.75 Å². The lowest BCUT2D eigenvalue weighted by Crippen LogP contribution is -2.45. The van der Waals surface area contributed by atoms with Crippen molar-refractivity contribution in [1.82, 2.24) is 0 Å². The van der Waals surface area contributed by atoms with E-state index < -0.39 is 8.07 Å². The third kappa shape index (κ3) is 4.03. The average Bonchev–Trinajstić information content (AvgIpc) is 2.98. The van der Waals surface area contributed by atoms with Crippen LogP contribution in [0.25, 0.3) is 0 Å². The summed E-state index contributed by atoms with van der Waals surface area (Å²) in [4.78, 5) is 11.2. The van der Waals surface area contributed by atoms with Crippen LogP contribution >= 0.6 is 11.3 Å². The van der Waals surface area contributed by atoms with Gasteiger partial charge < -0.3 is 9.47 Å². The molecule has 5 heteroatoms. The topological polar surface area (TPSA) is 35.5 Å². The summed E-state index contributed by atoms with van der Waals surface area (Å²) in [7, 11) is -1.60. The third-order valence-corrected chi connectivity index (χ3v) is 9.06. The van der Waals surface area contributed by atoms with Crippen molar-refractivity contribution >= 4 is 29.9 Å². The number of thiophene rings is 1. The number of carbonyl (C=O) groups is 1. The molecule has 0 atom stereocenters. The zero-order chi connectivity index (χ0) is 17.2. The van der Waals surface area contributed by atoms with Crippen LogP contribution < -0.4 is 14.0 Å². The van der Waals surface area contributed by atoms with Gasteiger partial charge in [0, 0.05) is 6.92 Å². The molecule has 23 heavy (non-hydrogen) atoms. The first-order valence-corrected chi connectivity index (χ1v) is 11.8. The first kappa shape index (κ1) is 17.8. The lowest BCUT2D eigenvalue weighted by molar-refractivity contribution is -0.131. The molecule has 124 valence electrons. The maximum atomic E-state index is 11.2. The molecule has 0 radical (unpaired) electrons. The Morgan fingerprint density at radius 2 is 1.91 bits per heavy atom. The second-order valence-electron chi connectivity index (χ2n) is 6.51. The van der Waals surface area contributed by atoms with Crippen molar-refractivity contribution in [3.05, 3.63) is 40.3 Å². The Kier molecular flexibility index (Phi) is 5.32. The molecule has 0 fully saturated rings. The highest BCUT2D eigenvalue weighted by atomic mass is 32.1. The quantitative estimate of drug-likeness (QED) is 0.463. The van der Waals surface area contributed by atoms with Crippen LogP contribution in [0, 0.1) is 20.8 Å². The van der Waals surface area contributed by atoms with Gasteiger partial charge in [0.1, 0.15) is 19.6 Å². The zero-order valence-electron chi connectivity index (χ0n) is 14.6. The number of ether oxygens (including phenoxy) is 2. The van der Waals surface area contributed by atoms with Gasteiger partial charge in [-0.15, -0.1) is 0 Å². The van der Waals surface area contributed by atoms with Crippen molar-refractivity contribution in [3.8, 4) is 11.5 Å². The largest absolute Gasteiger partial charge is 0.496 e. The second kappa shape index (κ2) is 6.89. The van der Waals surface area contributed by atoms with Gasteiger partial charge in [-0.25, -0.2) is 0 Å². The minimum Gasteiger partial charge on any atom is -0.496 e. The van der Waals surface area contributed by atoms with Crippen LogP contribution in [0.15, 0.2) is 23.6 Å². The molecule has 0 aliphatic rings. The Balaban J connectivity index is 2.24. The lowest BCUT2D eigenvalue weighted by Gasteiger charge is -2.24. The van der Waals surface area contributed by atoms with Crippen molar-refractivity contribution in [2.75, 3.05) is 6.23 Å². The smallest absolute Gasteiger partial charge is 0.308 e. The molecule has 0 bridgehead atoms. The minimum atomic E-state index is -1.60. The van der Waals surface area contributed by atoms with Gasteiger partial charge in [-0.3, -0.25) is 4.79 Å². The van der Waals surface area contributed by atoms with Gasteiger partial charge in [0.05, 0.1) is 6.23 Å². The van der Waals surface area contributed by atoms with E-state index >= 15 is 0 Å². The van der Waals surface area contributed by atoms with Gasteiger partial charge in [0.15, 0.2) is 0 Å². The number of hydrogen-bond acceptors (Lipinski definition) is 4. The summed E-state index contributed by atoms with van der Waals surface area (Å²) in [6.07, 6.45) is 0.738. The number of rotatable bonds is 5. The number of esters is 1. The van der Waals surface area contributed by atoms with Gasteiger partial charge in [-0.1, -0.05) is 25.2 Å². The summed E-state index contributed by atoms with van der Waals surface area (Å²) in [5.41, 5.74) is 2.99. The Labute approximate surface area is 143 Å². The molecule has 0 aliphatic heterocycles. The van der Waals surface area contributed by atoms with E-state index in [1.165, 1.54) is 11.4 Å². The maximum absolute atomic E-state index is 11.2. The van der Waals surface area contributed by atoms with Crippen LogP contribution in [0.5, 0.6) is 11.5 Å². The Morgan fingerprint density at radius 3 is 2.48 bits per heavy atom. The summed E-state index contributed by atoms with van der Waals surface area (Å²) in [5, 5.41) is 2.12. The first-order chi connectivity index (χ1) is 10.7. The molecule has 0 saturated carbocycles. The van der Waals surface area contributed by atoms with Gasteiger partial charge >= 0.3 is 5.97 Å². The standard InChI is InChI=1S/C18H24O3SSi/c1-12-10-16(21-15(4)19)13(2)14(3)18(12)20-11-23(5,6)17-8-7-9-22-17/h7-10H,11H2,1-6H3. The molecule has 0 spiro atoms. The fraction of sp³-hybridized carbons (Fsp3) is 0.389. The van der Waals surface area contributed by atoms with Gasteiger partial charge in [0.2, 0.25) is 0 Å². The average molecular weight is 349 g/mol. The van der Waals surface area contributed by atoms with Crippen LogP contribution in [0.4, 0.5) is 0 Å². The normalized spacial score (nSPS) is 11.4. The van der Waals surface area contributed by atoms with Gasteiger partial charge in [0.25, 0.3) is 0 Å². The fourth-order valence-corrected chi connectivity index (χ4v) is 5.80.